The van der Waals surface area contributed by atoms with Crippen LogP contribution in [0.15, 0.2) is 48.5 Å². The van der Waals surface area contributed by atoms with Crippen molar-refractivity contribution in [3.63, 3.8) is 0 Å². The molecule has 174 valence electrons. The third-order valence-corrected chi connectivity index (χ3v) is 8.46. The van der Waals surface area contributed by atoms with E-state index in [0.717, 1.165) is 29.4 Å². The first-order valence-electron chi connectivity index (χ1n) is 12.5. The van der Waals surface area contributed by atoms with Crippen LogP contribution in [0.4, 0.5) is 8.78 Å². The summed E-state index contributed by atoms with van der Waals surface area (Å²) in [6, 6.07) is 15.1. The Bertz CT molecular complexity index is 1080. The van der Waals surface area contributed by atoms with Crippen LogP contribution in [-0.4, -0.2) is 6.10 Å². The summed E-state index contributed by atoms with van der Waals surface area (Å²) in [6.07, 6.45) is 11.1. The molecular formula is C29H32F2OS. The molecule has 1 aromatic heterocycles. The van der Waals surface area contributed by atoms with E-state index >= 15 is 8.78 Å². The second-order valence-electron chi connectivity index (χ2n) is 9.72. The molecule has 1 nitrogen and oxygen atoms in total. The molecule has 4 heteroatoms. The molecule has 2 fully saturated rings. The third kappa shape index (κ3) is 4.87. The molecule has 33 heavy (non-hydrogen) atoms. The summed E-state index contributed by atoms with van der Waals surface area (Å²) in [5.41, 5.74) is 2.64. The van der Waals surface area contributed by atoms with E-state index < -0.39 is 11.6 Å². The van der Waals surface area contributed by atoms with Gasteiger partial charge in [-0.05, 0) is 73.3 Å². The van der Waals surface area contributed by atoms with Crippen LogP contribution < -0.4 is 4.74 Å². The zero-order valence-corrected chi connectivity index (χ0v) is 20.1. The van der Waals surface area contributed by atoms with E-state index in [1.54, 1.807) is 12.1 Å². The second kappa shape index (κ2) is 9.97. The average Bonchev–Trinajstić information content (AvgIpc) is 3.59. The van der Waals surface area contributed by atoms with Crippen molar-refractivity contribution < 1.29 is 13.5 Å². The maximum atomic E-state index is 15.1. The maximum absolute atomic E-state index is 15.1. The van der Waals surface area contributed by atoms with Crippen LogP contribution in [0.1, 0.15) is 76.2 Å². The molecule has 3 aromatic rings. The van der Waals surface area contributed by atoms with Crippen molar-refractivity contribution in [1.29, 1.82) is 0 Å². The molecule has 0 bridgehead atoms. The van der Waals surface area contributed by atoms with Gasteiger partial charge < -0.3 is 4.74 Å². The molecule has 2 aromatic carbocycles. The van der Waals surface area contributed by atoms with Gasteiger partial charge in [0.25, 0.3) is 0 Å². The Balaban J connectivity index is 1.31. The summed E-state index contributed by atoms with van der Waals surface area (Å²) in [5.74, 6) is -0.203. The highest BCUT2D eigenvalue weighted by molar-refractivity contribution is 7.17. The summed E-state index contributed by atoms with van der Waals surface area (Å²) >= 11 is 1.40. The standard InChI is InChI=1S/C29H32F2OS/c1-2-5-19-8-13-23(18-19)32-27-17-16-26(33-27)25-15-14-24(28(30)29(25)31)22-11-9-21(10-12-22)20-6-3-4-7-20/h9-12,14-17,19-20,23H,2-8,13,18H2,1H3. The highest BCUT2D eigenvalue weighted by Crippen LogP contribution is 2.40. The predicted molar refractivity (Wildman–Crippen MR) is 133 cm³/mol. The second-order valence-corrected chi connectivity index (χ2v) is 10.8. The minimum atomic E-state index is -0.787. The topological polar surface area (TPSA) is 9.23 Å². The minimum absolute atomic E-state index is 0.240. The Morgan fingerprint density at radius 3 is 2.33 bits per heavy atom. The summed E-state index contributed by atoms with van der Waals surface area (Å²) in [5, 5.41) is 0.790. The van der Waals surface area contributed by atoms with E-state index in [-0.39, 0.29) is 6.10 Å². The lowest BCUT2D eigenvalue weighted by atomic mass is 9.94. The number of ether oxygens (including phenoxy) is 1. The van der Waals surface area contributed by atoms with E-state index in [0.29, 0.717) is 21.9 Å². The van der Waals surface area contributed by atoms with Crippen LogP contribution in [0.5, 0.6) is 5.06 Å². The largest absolute Gasteiger partial charge is 0.481 e. The highest BCUT2D eigenvalue weighted by Gasteiger charge is 2.26. The Kier molecular flexibility index (Phi) is 6.82. The van der Waals surface area contributed by atoms with Crippen molar-refractivity contribution in [3.05, 3.63) is 65.7 Å². The van der Waals surface area contributed by atoms with Crippen molar-refractivity contribution in [3.8, 4) is 26.6 Å². The Hall–Kier alpha value is -2.20. The van der Waals surface area contributed by atoms with Crippen LogP contribution in [0.3, 0.4) is 0 Å². The molecule has 2 saturated carbocycles. The first-order valence-corrected chi connectivity index (χ1v) is 13.3. The first kappa shape index (κ1) is 22.6. The normalized spacial score (nSPS) is 21.1. The number of rotatable bonds is 7. The monoisotopic (exact) mass is 466 g/mol. The van der Waals surface area contributed by atoms with Crippen molar-refractivity contribution in [1.82, 2.24) is 0 Å². The Morgan fingerprint density at radius 2 is 1.58 bits per heavy atom. The number of benzene rings is 2. The molecule has 1 heterocycles. The molecular weight excluding hydrogens is 434 g/mol. The van der Waals surface area contributed by atoms with E-state index in [1.165, 1.54) is 61.8 Å². The SMILES string of the molecule is CCCC1CCC(Oc2ccc(-c3ccc(-c4ccc(C5CCCC5)cc4)c(F)c3F)s2)C1. The quantitative estimate of drug-likeness (QED) is 0.337. The molecule has 2 aliphatic carbocycles. The molecule has 0 radical (unpaired) electrons. The third-order valence-electron chi connectivity index (χ3n) is 7.45. The van der Waals surface area contributed by atoms with E-state index in [4.69, 9.17) is 4.74 Å². The lowest BCUT2D eigenvalue weighted by Crippen LogP contribution is -2.11. The molecule has 2 atom stereocenters. The lowest BCUT2D eigenvalue weighted by Gasteiger charge is -2.12. The summed E-state index contributed by atoms with van der Waals surface area (Å²) in [4.78, 5) is 0.702. The molecule has 2 unspecified atom stereocenters. The molecule has 0 spiro atoms. The number of hydrogen-bond donors (Lipinski definition) is 0. The van der Waals surface area contributed by atoms with Crippen LogP contribution in [0.25, 0.3) is 21.6 Å². The van der Waals surface area contributed by atoms with Crippen molar-refractivity contribution in [2.75, 3.05) is 0 Å². The summed E-state index contributed by atoms with van der Waals surface area (Å²) in [7, 11) is 0. The zero-order chi connectivity index (χ0) is 22.8. The number of hydrogen-bond acceptors (Lipinski definition) is 2. The molecule has 5 rings (SSSR count). The molecule has 2 aliphatic rings. The Labute approximate surface area is 199 Å². The van der Waals surface area contributed by atoms with Gasteiger partial charge in [0.2, 0.25) is 0 Å². The zero-order valence-electron chi connectivity index (χ0n) is 19.3. The van der Waals surface area contributed by atoms with Crippen LogP contribution >= 0.6 is 11.3 Å². The van der Waals surface area contributed by atoms with Crippen molar-refractivity contribution >= 4 is 11.3 Å². The van der Waals surface area contributed by atoms with E-state index in [2.05, 4.69) is 19.1 Å². The average molecular weight is 467 g/mol. The number of halogens is 2. The van der Waals surface area contributed by atoms with Gasteiger partial charge in [-0.15, -0.1) is 0 Å². The maximum Gasteiger partial charge on any atom is 0.174 e. The van der Waals surface area contributed by atoms with Gasteiger partial charge in [0.1, 0.15) is 0 Å². The van der Waals surface area contributed by atoms with Crippen LogP contribution in [0, 0.1) is 17.6 Å². The van der Waals surface area contributed by atoms with Crippen molar-refractivity contribution in [2.45, 2.75) is 76.7 Å². The molecule has 0 aliphatic heterocycles. The van der Waals surface area contributed by atoms with E-state index in [9.17, 15) is 0 Å². The fourth-order valence-corrected chi connectivity index (χ4v) is 6.60. The molecule has 0 N–H and O–H groups in total. The van der Waals surface area contributed by atoms with Gasteiger partial charge in [0.05, 0.1) is 6.10 Å². The predicted octanol–water partition coefficient (Wildman–Crippen LogP) is 9.37. The summed E-state index contributed by atoms with van der Waals surface area (Å²) < 4.78 is 36.4. The highest BCUT2D eigenvalue weighted by atomic mass is 32.1. The van der Waals surface area contributed by atoms with Crippen molar-refractivity contribution in [2.24, 2.45) is 5.92 Å². The Morgan fingerprint density at radius 1 is 0.848 bits per heavy atom. The van der Waals surface area contributed by atoms with Gasteiger partial charge in [-0.25, -0.2) is 8.78 Å². The lowest BCUT2D eigenvalue weighted by molar-refractivity contribution is 0.210. The van der Waals surface area contributed by atoms with Crippen LogP contribution in [0.2, 0.25) is 0 Å². The van der Waals surface area contributed by atoms with Gasteiger partial charge in [0.15, 0.2) is 16.7 Å². The van der Waals surface area contributed by atoms with E-state index in [1.807, 2.05) is 24.3 Å². The smallest absolute Gasteiger partial charge is 0.174 e. The number of thiophene rings is 1. The van der Waals surface area contributed by atoms with Gasteiger partial charge >= 0.3 is 0 Å². The van der Waals surface area contributed by atoms with Gasteiger partial charge in [-0.3, -0.25) is 0 Å². The first-order chi connectivity index (χ1) is 16.1. The van der Waals surface area contributed by atoms with Gasteiger partial charge in [-0.2, -0.15) is 0 Å². The minimum Gasteiger partial charge on any atom is -0.481 e. The fourth-order valence-electron chi connectivity index (χ4n) is 5.66. The van der Waals surface area contributed by atoms with Crippen LogP contribution in [-0.2, 0) is 0 Å². The van der Waals surface area contributed by atoms with Gasteiger partial charge in [0, 0.05) is 16.0 Å². The van der Waals surface area contributed by atoms with Gasteiger partial charge in [-0.1, -0.05) is 74.3 Å². The fraction of sp³-hybridized carbons (Fsp3) is 0.448. The summed E-state index contributed by atoms with van der Waals surface area (Å²) in [6.45, 7) is 2.23. The molecule has 0 saturated heterocycles. The molecule has 0 amide bonds.